The van der Waals surface area contributed by atoms with Crippen LogP contribution in [0.4, 0.5) is 0 Å². The summed E-state index contributed by atoms with van der Waals surface area (Å²) in [5, 5.41) is 0. The van der Waals surface area contributed by atoms with E-state index in [-0.39, 0.29) is 24.6 Å². The quantitative estimate of drug-likeness (QED) is 0.650. The first-order valence-electron chi connectivity index (χ1n) is 4.96. The minimum Gasteiger partial charge on any atom is -0.466 e. The number of ether oxygens (including phenoxy) is 3. The van der Waals surface area contributed by atoms with E-state index in [1.54, 1.807) is 6.92 Å². The van der Waals surface area contributed by atoms with Crippen LogP contribution in [-0.4, -0.2) is 30.6 Å². The van der Waals surface area contributed by atoms with E-state index in [0.717, 1.165) is 0 Å². The van der Waals surface area contributed by atoms with Crippen LogP contribution in [0.15, 0.2) is 0 Å². The van der Waals surface area contributed by atoms with Gasteiger partial charge in [0.2, 0.25) is 0 Å². The van der Waals surface area contributed by atoms with Gasteiger partial charge in [0.1, 0.15) is 0 Å². The minimum absolute atomic E-state index is 0.0607. The zero-order valence-electron chi connectivity index (χ0n) is 9.20. The lowest BCUT2D eigenvalue weighted by molar-refractivity contribution is -0.155. The molecular formula is C10H18O4. The lowest BCUT2D eigenvalue weighted by atomic mass is 10.2. The standard InChI is InChI=1S/C10H18O4/c1-5-12-9(11)6-8-7(2)13-10(3,4)14-8/h7-8H,5-6H2,1-4H3/t7-,8+/m0/s1. The highest BCUT2D eigenvalue weighted by atomic mass is 16.7. The molecule has 0 aromatic heterocycles. The van der Waals surface area contributed by atoms with Crippen LogP contribution in [0, 0.1) is 0 Å². The maximum Gasteiger partial charge on any atom is 0.308 e. The summed E-state index contributed by atoms with van der Waals surface area (Å²) in [6.07, 6.45) is 0.0109. The largest absolute Gasteiger partial charge is 0.466 e. The highest BCUT2D eigenvalue weighted by Gasteiger charge is 2.39. The molecule has 1 fully saturated rings. The van der Waals surface area contributed by atoms with Crippen LogP contribution >= 0.6 is 0 Å². The third-order valence-electron chi connectivity index (χ3n) is 2.10. The van der Waals surface area contributed by atoms with Crippen LogP contribution in [0.3, 0.4) is 0 Å². The van der Waals surface area contributed by atoms with E-state index in [4.69, 9.17) is 14.2 Å². The van der Waals surface area contributed by atoms with E-state index in [1.807, 2.05) is 20.8 Å². The highest BCUT2D eigenvalue weighted by molar-refractivity contribution is 5.70. The monoisotopic (exact) mass is 202 g/mol. The van der Waals surface area contributed by atoms with E-state index < -0.39 is 5.79 Å². The fourth-order valence-electron chi connectivity index (χ4n) is 1.60. The van der Waals surface area contributed by atoms with Crippen molar-refractivity contribution in [1.29, 1.82) is 0 Å². The molecule has 0 aromatic carbocycles. The van der Waals surface area contributed by atoms with Crippen molar-refractivity contribution < 1.29 is 19.0 Å². The summed E-state index contributed by atoms with van der Waals surface area (Å²) in [5.74, 6) is -0.818. The number of hydrogen-bond donors (Lipinski definition) is 0. The molecule has 1 aliphatic heterocycles. The summed E-state index contributed by atoms with van der Waals surface area (Å²) >= 11 is 0. The second-order valence-corrected chi connectivity index (χ2v) is 3.89. The van der Waals surface area contributed by atoms with E-state index in [1.165, 1.54) is 0 Å². The second kappa shape index (κ2) is 4.28. The van der Waals surface area contributed by atoms with Crippen LogP contribution < -0.4 is 0 Å². The zero-order chi connectivity index (χ0) is 10.8. The second-order valence-electron chi connectivity index (χ2n) is 3.89. The third-order valence-corrected chi connectivity index (χ3v) is 2.10. The van der Waals surface area contributed by atoms with Crippen molar-refractivity contribution in [3.05, 3.63) is 0 Å². The lowest BCUT2D eigenvalue weighted by Gasteiger charge is -2.16. The van der Waals surface area contributed by atoms with Gasteiger partial charge in [0, 0.05) is 0 Å². The van der Waals surface area contributed by atoms with Gasteiger partial charge in [0.05, 0.1) is 25.2 Å². The van der Waals surface area contributed by atoms with Gasteiger partial charge in [-0.05, 0) is 27.7 Å². The molecule has 14 heavy (non-hydrogen) atoms. The van der Waals surface area contributed by atoms with Gasteiger partial charge >= 0.3 is 5.97 Å². The molecule has 4 heteroatoms. The summed E-state index contributed by atoms with van der Waals surface area (Å²) in [6, 6.07) is 0. The Morgan fingerprint density at radius 2 is 2.07 bits per heavy atom. The summed E-state index contributed by atoms with van der Waals surface area (Å²) in [4.78, 5) is 11.2. The van der Waals surface area contributed by atoms with Crippen molar-refractivity contribution >= 4 is 5.97 Å². The van der Waals surface area contributed by atoms with Gasteiger partial charge in [0.25, 0.3) is 0 Å². The van der Waals surface area contributed by atoms with Gasteiger partial charge < -0.3 is 14.2 Å². The minimum atomic E-state index is -0.587. The average molecular weight is 202 g/mol. The summed E-state index contributed by atoms with van der Waals surface area (Å²) in [6.45, 7) is 7.78. The summed E-state index contributed by atoms with van der Waals surface area (Å²) in [7, 11) is 0. The predicted octanol–water partition coefficient (Wildman–Crippen LogP) is 1.48. The molecule has 0 aliphatic carbocycles. The first kappa shape index (κ1) is 11.5. The summed E-state index contributed by atoms with van der Waals surface area (Å²) < 4.78 is 15.9. The molecule has 0 amide bonds. The number of esters is 1. The topological polar surface area (TPSA) is 44.8 Å². The van der Waals surface area contributed by atoms with Crippen LogP contribution in [0.1, 0.15) is 34.1 Å². The van der Waals surface area contributed by atoms with Gasteiger partial charge in [-0.1, -0.05) is 0 Å². The van der Waals surface area contributed by atoms with Crippen LogP contribution in [-0.2, 0) is 19.0 Å². The van der Waals surface area contributed by atoms with Crippen molar-refractivity contribution in [2.75, 3.05) is 6.61 Å². The van der Waals surface area contributed by atoms with Crippen molar-refractivity contribution in [3.63, 3.8) is 0 Å². The first-order chi connectivity index (χ1) is 6.44. The Kier molecular flexibility index (Phi) is 3.50. The van der Waals surface area contributed by atoms with E-state index in [9.17, 15) is 4.79 Å². The van der Waals surface area contributed by atoms with E-state index in [0.29, 0.717) is 6.61 Å². The number of rotatable bonds is 3. The molecule has 82 valence electrons. The average Bonchev–Trinajstić information content (AvgIpc) is 2.25. The maximum absolute atomic E-state index is 11.2. The molecule has 0 N–H and O–H groups in total. The third kappa shape index (κ3) is 2.96. The Bertz CT molecular complexity index is 212. The fourth-order valence-corrected chi connectivity index (χ4v) is 1.60. The molecule has 0 bridgehead atoms. The van der Waals surface area contributed by atoms with E-state index in [2.05, 4.69) is 0 Å². The highest BCUT2D eigenvalue weighted by Crippen LogP contribution is 2.29. The van der Waals surface area contributed by atoms with Crippen molar-refractivity contribution in [2.45, 2.75) is 52.1 Å². The lowest BCUT2D eigenvalue weighted by Crippen LogP contribution is -2.24. The molecule has 1 rings (SSSR count). The van der Waals surface area contributed by atoms with Gasteiger partial charge in [0.15, 0.2) is 5.79 Å². The van der Waals surface area contributed by atoms with Crippen LogP contribution in [0.5, 0.6) is 0 Å². The Morgan fingerprint density at radius 3 is 2.50 bits per heavy atom. The molecule has 4 nitrogen and oxygen atoms in total. The van der Waals surface area contributed by atoms with Crippen molar-refractivity contribution in [2.24, 2.45) is 0 Å². The van der Waals surface area contributed by atoms with Crippen molar-refractivity contribution in [3.8, 4) is 0 Å². The SMILES string of the molecule is CCOC(=O)C[C@H]1OC(C)(C)O[C@H]1C. The number of carbonyl (C=O) groups excluding carboxylic acids is 1. The molecule has 1 heterocycles. The molecule has 0 saturated carbocycles. The zero-order valence-corrected chi connectivity index (χ0v) is 9.20. The Labute approximate surface area is 84.5 Å². The van der Waals surface area contributed by atoms with Crippen molar-refractivity contribution in [1.82, 2.24) is 0 Å². The molecular weight excluding hydrogens is 184 g/mol. The van der Waals surface area contributed by atoms with Gasteiger partial charge in [-0.2, -0.15) is 0 Å². The molecule has 0 radical (unpaired) electrons. The van der Waals surface area contributed by atoms with Crippen LogP contribution in [0.25, 0.3) is 0 Å². The molecule has 0 aromatic rings. The molecule has 0 spiro atoms. The predicted molar refractivity (Wildman–Crippen MR) is 50.7 cm³/mol. The molecule has 1 saturated heterocycles. The van der Waals surface area contributed by atoms with Gasteiger partial charge in [-0.15, -0.1) is 0 Å². The Morgan fingerprint density at radius 1 is 1.43 bits per heavy atom. The normalized spacial score (nSPS) is 30.3. The maximum atomic E-state index is 11.2. The fraction of sp³-hybridized carbons (Fsp3) is 0.900. The summed E-state index contributed by atoms with van der Waals surface area (Å²) in [5.41, 5.74) is 0. The smallest absolute Gasteiger partial charge is 0.308 e. The molecule has 1 aliphatic rings. The van der Waals surface area contributed by atoms with Crippen LogP contribution in [0.2, 0.25) is 0 Å². The van der Waals surface area contributed by atoms with Gasteiger partial charge in [-0.3, -0.25) is 4.79 Å². The van der Waals surface area contributed by atoms with Gasteiger partial charge in [-0.25, -0.2) is 0 Å². The Balaban J connectivity index is 2.42. The number of hydrogen-bond acceptors (Lipinski definition) is 4. The first-order valence-corrected chi connectivity index (χ1v) is 4.96. The van der Waals surface area contributed by atoms with E-state index >= 15 is 0 Å². The molecule has 0 unspecified atom stereocenters. The molecule has 2 atom stereocenters. The Hall–Kier alpha value is -0.610. The number of carbonyl (C=O) groups is 1.